The molecule has 4 aliphatic carbocycles. The molecule has 0 saturated heterocycles. The Hall–Kier alpha value is -0.0400. The van der Waals surface area contributed by atoms with E-state index in [0.717, 1.165) is 23.2 Å². The van der Waals surface area contributed by atoms with E-state index in [0.29, 0.717) is 0 Å². The Labute approximate surface area is 107 Å². The first-order chi connectivity index (χ1) is 8.23. The van der Waals surface area contributed by atoms with E-state index < -0.39 is 0 Å². The Kier molecular flexibility index (Phi) is 3.23. The molecule has 0 N–H and O–H groups in total. The maximum absolute atomic E-state index is 2.62. The molecule has 0 aromatic rings. The molecule has 17 heavy (non-hydrogen) atoms. The third kappa shape index (κ3) is 2.28. The molecule has 0 aromatic carbocycles. The van der Waals surface area contributed by atoms with Crippen LogP contribution in [0.1, 0.15) is 58.8 Å². The largest absolute Gasteiger partial charge is 0.304 e. The van der Waals surface area contributed by atoms with Crippen LogP contribution >= 0.6 is 0 Å². The normalized spacial score (nSPS) is 43.6. The first kappa shape index (κ1) is 12.0. The average molecular weight is 235 g/mol. The summed E-state index contributed by atoms with van der Waals surface area (Å²) in [7, 11) is 0. The highest BCUT2D eigenvalue weighted by molar-refractivity contribution is 5.01. The van der Waals surface area contributed by atoms with Gasteiger partial charge < -0.3 is 4.90 Å². The van der Waals surface area contributed by atoms with Gasteiger partial charge in [-0.3, -0.25) is 0 Å². The van der Waals surface area contributed by atoms with E-state index in [2.05, 4.69) is 18.7 Å². The fraction of sp³-hybridized carbons (Fsp3) is 1.00. The van der Waals surface area contributed by atoms with E-state index in [1.54, 1.807) is 38.5 Å². The Morgan fingerprint density at radius 3 is 1.76 bits per heavy atom. The Balaban J connectivity index is 1.62. The van der Waals surface area contributed by atoms with Gasteiger partial charge in [0.1, 0.15) is 0 Å². The zero-order valence-electron chi connectivity index (χ0n) is 11.8. The second kappa shape index (κ2) is 4.57. The van der Waals surface area contributed by atoms with Crippen LogP contribution in [0.15, 0.2) is 0 Å². The summed E-state index contributed by atoms with van der Waals surface area (Å²) in [5.41, 5.74) is 0.789. The molecule has 1 heteroatoms. The summed E-state index contributed by atoms with van der Waals surface area (Å²) in [4.78, 5) is 2.62. The highest BCUT2D eigenvalue weighted by Crippen LogP contribution is 2.61. The molecular weight excluding hydrogens is 206 g/mol. The minimum absolute atomic E-state index is 0.789. The molecule has 0 radical (unpaired) electrons. The molecule has 4 rings (SSSR count). The lowest BCUT2D eigenvalue weighted by molar-refractivity contribution is -0.0606. The smallest absolute Gasteiger partial charge is 0.00137 e. The van der Waals surface area contributed by atoms with Gasteiger partial charge in [-0.15, -0.1) is 0 Å². The lowest BCUT2D eigenvalue weighted by Crippen LogP contribution is -2.47. The van der Waals surface area contributed by atoms with Crippen molar-refractivity contribution in [2.75, 3.05) is 19.6 Å². The SMILES string of the molecule is CCN(CC)CCC12CC3CC(CC(C3)C1)C2. The predicted octanol–water partition coefficient (Wildman–Crippen LogP) is 3.93. The molecule has 0 aliphatic heterocycles. The van der Waals surface area contributed by atoms with Gasteiger partial charge in [-0.1, -0.05) is 13.8 Å². The van der Waals surface area contributed by atoms with Crippen LogP contribution in [-0.4, -0.2) is 24.5 Å². The number of rotatable bonds is 5. The van der Waals surface area contributed by atoms with Gasteiger partial charge in [0.2, 0.25) is 0 Å². The maximum Gasteiger partial charge on any atom is -0.00137 e. The predicted molar refractivity (Wildman–Crippen MR) is 73.0 cm³/mol. The second-order valence-electron chi connectivity index (χ2n) is 7.19. The van der Waals surface area contributed by atoms with Gasteiger partial charge in [0.15, 0.2) is 0 Å². The van der Waals surface area contributed by atoms with Gasteiger partial charge in [-0.25, -0.2) is 0 Å². The molecule has 4 bridgehead atoms. The standard InChI is InChI=1S/C16H29N/c1-3-17(4-2)6-5-16-10-13-7-14(11-16)9-15(8-13)12-16/h13-15H,3-12H2,1-2H3. The van der Waals surface area contributed by atoms with E-state index in [-0.39, 0.29) is 0 Å². The van der Waals surface area contributed by atoms with Crippen molar-refractivity contribution >= 4 is 0 Å². The van der Waals surface area contributed by atoms with Crippen molar-refractivity contribution in [2.45, 2.75) is 58.8 Å². The van der Waals surface area contributed by atoms with Gasteiger partial charge >= 0.3 is 0 Å². The lowest BCUT2D eigenvalue weighted by atomic mass is 9.49. The van der Waals surface area contributed by atoms with Crippen molar-refractivity contribution < 1.29 is 0 Å². The summed E-state index contributed by atoms with van der Waals surface area (Å²) in [5, 5.41) is 0. The summed E-state index contributed by atoms with van der Waals surface area (Å²) < 4.78 is 0. The van der Waals surface area contributed by atoms with Gasteiger partial charge in [0.05, 0.1) is 0 Å². The number of hydrogen-bond acceptors (Lipinski definition) is 1. The molecular formula is C16H29N. The summed E-state index contributed by atoms with van der Waals surface area (Å²) in [6.45, 7) is 8.46. The molecule has 4 aliphatic rings. The Morgan fingerprint density at radius 2 is 1.35 bits per heavy atom. The molecule has 0 heterocycles. The molecule has 0 aromatic heterocycles. The van der Waals surface area contributed by atoms with E-state index in [1.165, 1.54) is 26.1 Å². The van der Waals surface area contributed by atoms with Gasteiger partial charge in [0.25, 0.3) is 0 Å². The number of nitrogens with zero attached hydrogens (tertiary/aromatic N) is 1. The quantitative estimate of drug-likeness (QED) is 0.698. The average Bonchev–Trinajstić information content (AvgIpc) is 2.28. The Bertz CT molecular complexity index is 231. The van der Waals surface area contributed by atoms with Crippen molar-refractivity contribution in [3.63, 3.8) is 0 Å². The summed E-state index contributed by atoms with van der Waals surface area (Å²) in [6.07, 6.45) is 11.0. The molecule has 0 unspecified atom stereocenters. The molecule has 0 atom stereocenters. The van der Waals surface area contributed by atoms with Crippen molar-refractivity contribution in [1.29, 1.82) is 0 Å². The van der Waals surface area contributed by atoms with Crippen molar-refractivity contribution in [3.8, 4) is 0 Å². The van der Waals surface area contributed by atoms with Crippen molar-refractivity contribution in [2.24, 2.45) is 23.2 Å². The molecule has 0 amide bonds. The minimum atomic E-state index is 0.789. The van der Waals surface area contributed by atoms with Crippen LogP contribution in [0.25, 0.3) is 0 Å². The van der Waals surface area contributed by atoms with Crippen LogP contribution < -0.4 is 0 Å². The van der Waals surface area contributed by atoms with Crippen LogP contribution in [0.2, 0.25) is 0 Å². The molecule has 98 valence electrons. The monoisotopic (exact) mass is 235 g/mol. The zero-order chi connectivity index (χ0) is 11.9. The van der Waals surface area contributed by atoms with E-state index in [1.807, 2.05) is 0 Å². The van der Waals surface area contributed by atoms with E-state index in [4.69, 9.17) is 0 Å². The molecule has 4 fully saturated rings. The van der Waals surface area contributed by atoms with E-state index in [9.17, 15) is 0 Å². The summed E-state index contributed by atoms with van der Waals surface area (Å²) in [6, 6.07) is 0. The van der Waals surface area contributed by atoms with Crippen LogP contribution in [0.4, 0.5) is 0 Å². The third-order valence-corrected chi connectivity index (χ3v) is 6.02. The second-order valence-corrected chi connectivity index (χ2v) is 7.19. The first-order valence-electron chi connectivity index (χ1n) is 7.95. The van der Waals surface area contributed by atoms with Crippen LogP contribution in [-0.2, 0) is 0 Å². The molecule has 0 spiro atoms. The Morgan fingerprint density at radius 1 is 0.882 bits per heavy atom. The zero-order valence-corrected chi connectivity index (χ0v) is 11.8. The van der Waals surface area contributed by atoms with Crippen molar-refractivity contribution in [3.05, 3.63) is 0 Å². The first-order valence-corrected chi connectivity index (χ1v) is 7.95. The maximum atomic E-state index is 2.62. The van der Waals surface area contributed by atoms with Crippen LogP contribution in [0.5, 0.6) is 0 Å². The minimum Gasteiger partial charge on any atom is -0.304 e. The molecule has 1 nitrogen and oxygen atoms in total. The van der Waals surface area contributed by atoms with E-state index >= 15 is 0 Å². The van der Waals surface area contributed by atoms with Crippen molar-refractivity contribution in [1.82, 2.24) is 4.90 Å². The fourth-order valence-corrected chi connectivity index (χ4v) is 5.53. The lowest BCUT2D eigenvalue weighted by Gasteiger charge is -2.57. The highest BCUT2D eigenvalue weighted by Gasteiger charge is 2.50. The van der Waals surface area contributed by atoms with Gasteiger partial charge in [0, 0.05) is 0 Å². The topological polar surface area (TPSA) is 3.24 Å². The number of hydrogen-bond donors (Lipinski definition) is 0. The summed E-state index contributed by atoms with van der Waals surface area (Å²) in [5.74, 6) is 3.37. The molecule has 4 saturated carbocycles. The van der Waals surface area contributed by atoms with Crippen LogP contribution in [0.3, 0.4) is 0 Å². The van der Waals surface area contributed by atoms with Crippen LogP contribution in [0, 0.1) is 23.2 Å². The van der Waals surface area contributed by atoms with Gasteiger partial charge in [-0.2, -0.15) is 0 Å². The highest BCUT2D eigenvalue weighted by atomic mass is 15.1. The third-order valence-electron chi connectivity index (χ3n) is 6.02. The fourth-order valence-electron chi connectivity index (χ4n) is 5.53. The van der Waals surface area contributed by atoms with Gasteiger partial charge in [-0.05, 0) is 87.7 Å². The summed E-state index contributed by atoms with van der Waals surface area (Å²) >= 11 is 0.